The molecule has 4 aromatic carbocycles. The largest absolute Gasteiger partial charge is 0.496 e. The number of aryl methyl sites for hydroxylation is 1. The summed E-state index contributed by atoms with van der Waals surface area (Å²) in [6.07, 6.45) is 0.190. The summed E-state index contributed by atoms with van der Waals surface area (Å²) in [6, 6.07) is 30.2. The van der Waals surface area contributed by atoms with E-state index in [2.05, 4.69) is 10.0 Å². The maximum Gasteiger partial charge on any atom is 0.242 e. The molecule has 0 heterocycles. The fourth-order valence-electron chi connectivity index (χ4n) is 3.81. The van der Waals surface area contributed by atoms with Gasteiger partial charge in [-0.25, -0.2) is 8.42 Å². The van der Waals surface area contributed by atoms with Gasteiger partial charge in [-0.1, -0.05) is 72.4 Å². The average molecular weight is 533 g/mol. The molecule has 4 aromatic rings. The number of ether oxygens (including phenoxy) is 1. The Bertz CT molecular complexity index is 1460. The molecule has 2 N–H and O–H groups in total. The lowest BCUT2D eigenvalue weighted by molar-refractivity contribution is -0.117. The van der Waals surface area contributed by atoms with Gasteiger partial charge in [0.15, 0.2) is 0 Å². The molecule has 0 spiro atoms. The van der Waals surface area contributed by atoms with Gasteiger partial charge in [-0.15, -0.1) is 0 Å². The maximum absolute atomic E-state index is 13.5. The van der Waals surface area contributed by atoms with Crippen LogP contribution < -0.4 is 14.8 Å². The fraction of sp³-hybridized carbons (Fsp3) is 0.138. The summed E-state index contributed by atoms with van der Waals surface area (Å²) in [5.74, 6) is 0.142. The first-order valence-corrected chi connectivity index (χ1v) is 14.0. The van der Waals surface area contributed by atoms with Crippen LogP contribution in [0.15, 0.2) is 118 Å². The van der Waals surface area contributed by atoms with Crippen molar-refractivity contribution < 1.29 is 17.9 Å². The minimum absolute atomic E-state index is 0.0664. The van der Waals surface area contributed by atoms with Crippen molar-refractivity contribution >= 4 is 33.4 Å². The van der Waals surface area contributed by atoms with Crippen LogP contribution in [0.5, 0.6) is 5.75 Å². The van der Waals surface area contributed by atoms with Gasteiger partial charge < -0.3 is 10.1 Å². The summed E-state index contributed by atoms with van der Waals surface area (Å²) in [4.78, 5) is 15.5. The molecular weight excluding hydrogens is 504 g/mol. The molecule has 4 rings (SSSR count). The van der Waals surface area contributed by atoms with Crippen LogP contribution in [-0.4, -0.2) is 27.5 Å². The molecule has 1 amide bonds. The number of rotatable bonds is 10. The first kappa shape index (κ1) is 26.5. The molecule has 1 atom stereocenters. The van der Waals surface area contributed by atoms with Gasteiger partial charge in [-0.2, -0.15) is 4.72 Å². The molecular formula is C29H28N2O4S2. The third kappa shape index (κ3) is 7.01. The highest BCUT2D eigenvalue weighted by atomic mass is 32.2. The second-order valence-corrected chi connectivity index (χ2v) is 11.2. The normalized spacial score (nSPS) is 12.1. The topological polar surface area (TPSA) is 84.5 Å². The summed E-state index contributed by atoms with van der Waals surface area (Å²) in [5, 5.41) is 2.95. The molecule has 190 valence electrons. The van der Waals surface area contributed by atoms with Gasteiger partial charge in [-0.3, -0.25) is 4.79 Å². The minimum atomic E-state index is -3.99. The lowest BCUT2D eigenvalue weighted by Crippen LogP contribution is -2.45. The average Bonchev–Trinajstić information content (AvgIpc) is 2.90. The van der Waals surface area contributed by atoms with Crippen molar-refractivity contribution in [3.05, 3.63) is 114 Å². The zero-order valence-electron chi connectivity index (χ0n) is 20.5. The van der Waals surface area contributed by atoms with Crippen molar-refractivity contribution in [2.45, 2.75) is 34.1 Å². The van der Waals surface area contributed by atoms with E-state index in [1.54, 1.807) is 13.0 Å². The van der Waals surface area contributed by atoms with Crippen LogP contribution >= 0.6 is 11.8 Å². The van der Waals surface area contributed by atoms with Gasteiger partial charge in [0, 0.05) is 9.79 Å². The fourth-order valence-corrected chi connectivity index (χ4v) is 6.01. The number of para-hydroxylation sites is 1. The molecule has 0 aliphatic rings. The number of methoxy groups -OCH3 is 1. The van der Waals surface area contributed by atoms with Crippen molar-refractivity contribution in [1.29, 1.82) is 0 Å². The Morgan fingerprint density at radius 3 is 2.22 bits per heavy atom. The number of carbonyl (C=O) groups is 1. The minimum Gasteiger partial charge on any atom is -0.496 e. The van der Waals surface area contributed by atoms with Gasteiger partial charge >= 0.3 is 0 Å². The van der Waals surface area contributed by atoms with Crippen LogP contribution in [0.25, 0.3) is 0 Å². The monoisotopic (exact) mass is 532 g/mol. The molecule has 0 saturated heterocycles. The van der Waals surface area contributed by atoms with Crippen LogP contribution in [0, 0.1) is 6.92 Å². The Balaban J connectivity index is 1.60. The number of carbonyl (C=O) groups excluding carboxylic acids is 1. The van der Waals surface area contributed by atoms with Crippen molar-refractivity contribution in [3.63, 3.8) is 0 Å². The summed E-state index contributed by atoms with van der Waals surface area (Å²) in [6.45, 7) is 1.77. The summed E-state index contributed by atoms with van der Waals surface area (Å²) < 4.78 is 34.5. The second-order valence-electron chi connectivity index (χ2n) is 8.40. The SMILES string of the molecule is COc1ccc(S(=O)(=O)N[C@@H](Cc2ccccc2)C(=O)Nc2ccccc2Sc2ccccc2)cc1C. The summed E-state index contributed by atoms with van der Waals surface area (Å²) >= 11 is 1.52. The highest BCUT2D eigenvalue weighted by Gasteiger charge is 2.27. The Hall–Kier alpha value is -3.59. The highest BCUT2D eigenvalue weighted by molar-refractivity contribution is 7.99. The van der Waals surface area contributed by atoms with Crippen LogP contribution in [-0.2, 0) is 21.2 Å². The lowest BCUT2D eigenvalue weighted by Gasteiger charge is -2.20. The first-order valence-electron chi connectivity index (χ1n) is 11.7. The third-order valence-electron chi connectivity index (χ3n) is 5.69. The van der Waals surface area contributed by atoms with E-state index < -0.39 is 22.0 Å². The highest BCUT2D eigenvalue weighted by Crippen LogP contribution is 2.33. The van der Waals surface area contributed by atoms with E-state index in [-0.39, 0.29) is 11.3 Å². The quantitative estimate of drug-likeness (QED) is 0.274. The van der Waals surface area contributed by atoms with Gasteiger partial charge in [-0.05, 0) is 66.9 Å². The molecule has 0 saturated carbocycles. The molecule has 37 heavy (non-hydrogen) atoms. The van der Waals surface area contributed by atoms with Crippen LogP contribution in [0.1, 0.15) is 11.1 Å². The van der Waals surface area contributed by atoms with E-state index in [0.29, 0.717) is 17.0 Å². The Labute approximate surface area is 222 Å². The summed E-state index contributed by atoms with van der Waals surface area (Å²) in [7, 11) is -2.46. The second kappa shape index (κ2) is 12.1. The van der Waals surface area contributed by atoms with Crippen molar-refractivity contribution in [1.82, 2.24) is 4.72 Å². The molecule has 0 aliphatic heterocycles. The van der Waals surface area contributed by atoms with Crippen molar-refractivity contribution in [3.8, 4) is 5.75 Å². The number of benzene rings is 4. The standard InChI is InChI=1S/C29H28N2O4S2/c1-21-19-24(17-18-27(21)35-2)37(33,34)31-26(20-22-11-5-3-6-12-22)29(32)30-25-15-9-10-16-28(25)36-23-13-7-4-8-14-23/h3-19,26,31H,20H2,1-2H3,(H,30,32)/t26-/m0/s1. The predicted octanol–water partition coefficient (Wildman–Crippen LogP) is 5.68. The van der Waals surface area contributed by atoms with Gasteiger partial charge in [0.25, 0.3) is 0 Å². The number of nitrogens with one attached hydrogen (secondary N) is 2. The Morgan fingerprint density at radius 2 is 1.54 bits per heavy atom. The first-order chi connectivity index (χ1) is 17.9. The molecule has 0 unspecified atom stereocenters. The molecule has 0 fully saturated rings. The van der Waals surface area contributed by atoms with Crippen molar-refractivity contribution in [2.75, 3.05) is 12.4 Å². The van der Waals surface area contributed by atoms with Gasteiger partial charge in [0.05, 0.1) is 17.7 Å². The molecule has 0 radical (unpaired) electrons. The van der Waals surface area contributed by atoms with Crippen LogP contribution in [0.4, 0.5) is 5.69 Å². The van der Waals surface area contributed by atoms with E-state index in [1.165, 1.54) is 31.0 Å². The van der Waals surface area contributed by atoms with E-state index in [4.69, 9.17) is 4.74 Å². The molecule has 0 bridgehead atoms. The molecule has 8 heteroatoms. The maximum atomic E-state index is 13.5. The number of sulfonamides is 1. The van der Waals surface area contributed by atoms with Gasteiger partial charge in [0.2, 0.25) is 15.9 Å². The number of anilines is 1. The van der Waals surface area contributed by atoms with E-state index >= 15 is 0 Å². The van der Waals surface area contributed by atoms with Crippen LogP contribution in [0.2, 0.25) is 0 Å². The lowest BCUT2D eigenvalue weighted by atomic mass is 10.1. The number of hydrogen-bond acceptors (Lipinski definition) is 5. The zero-order chi connectivity index (χ0) is 26.3. The predicted molar refractivity (Wildman–Crippen MR) is 148 cm³/mol. The van der Waals surface area contributed by atoms with Crippen molar-refractivity contribution in [2.24, 2.45) is 0 Å². The molecule has 0 aromatic heterocycles. The third-order valence-corrected chi connectivity index (χ3v) is 8.24. The number of amides is 1. The Kier molecular flexibility index (Phi) is 8.66. The summed E-state index contributed by atoms with van der Waals surface area (Å²) in [5.41, 5.74) is 2.13. The van der Waals surface area contributed by atoms with E-state index in [1.807, 2.05) is 84.9 Å². The van der Waals surface area contributed by atoms with Gasteiger partial charge in [0.1, 0.15) is 11.8 Å². The molecule has 0 aliphatic carbocycles. The zero-order valence-corrected chi connectivity index (χ0v) is 22.2. The number of hydrogen-bond donors (Lipinski definition) is 2. The molecule has 6 nitrogen and oxygen atoms in total. The van der Waals surface area contributed by atoms with E-state index in [0.717, 1.165) is 15.4 Å². The van der Waals surface area contributed by atoms with E-state index in [9.17, 15) is 13.2 Å². The van der Waals surface area contributed by atoms with Crippen LogP contribution in [0.3, 0.4) is 0 Å². The smallest absolute Gasteiger partial charge is 0.242 e. The Morgan fingerprint density at radius 1 is 0.892 bits per heavy atom.